The quantitative estimate of drug-likeness (QED) is 0.704. The molecule has 5 nitrogen and oxygen atoms in total. The summed E-state index contributed by atoms with van der Waals surface area (Å²) in [5, 5.41) is 5.49. The molecule has 0 aliphatic heterocycles. The van der Waals surface area contributed by atoms with E-state index >= 15 is 0 Å². The third kappa shape index (κ3) is 4.70. The van der Waals surface area contributed by atoms with Gasteiger partial charge in [-0.15, -0.1) is 0 Å². The van der Waals surface area contributed by atoms with E-state index in [0.717, 1.165) is 5.75 Å². The average Bonchev–Trinajstić information content (AvgIpc) is 2.62. The molecule has 3 aromatic rings. The number of carbonyl (C=O) groups is 2. The van der Waals surface area contributed by atoms with Crippen LogP contribution in [-0.2, 0) is 4.79 Å². The monoisotopic (exact) mass is 346 g/mol. The first kappa shape index (κ1) is 17.2. The van der Waals surface area contributed by atoms with Crippen molar-refractivity contribution < 1.29 is 14.3 Å². The molecule has 26 heavy (non-hydrogen) atoms. The summed E-state index contributed by atoms with van der Waals surface area (Å²) in [6, 6.07) is 23.3. The van der Waals surface area contributed by atoms with Crippen molar-refractivity contribution in [2.24, 2.45) is 0 Å². The zero-order chi connectivity index (χ0) is 18.4. The van der Waals surface area contributed by atoms with Gasteiger partial charge in [0.2, 0.25) is 5.91 Å². The first-order chi connectivity index (χ1) is 12.6. The van der Waals surface area contributed by atoms with Gasteiger partial charge in [0.05, 0.1) is 0 Å². The fourth-order valence-electron chi connectivity index (χ4n) is 2.41. The topological polar surface area (TPSA) is 67.4 Å². The predicted octanol–water partition coefficient (Wildman–Crippen LogP) is 4.69. The van der Waals surface area contributed by atoms with Crippen molar-refractivity contribution in [2.45, 2.75) is 6.92 Å². The van der Waals surface area contributed by atoms with Gasteiger partial charge in [0.25, 0.3) is 5.91 Å². The minimum absolute atomic E-state index is 0.187. The van der Waals surface area contributed by atoms with Crippen LogP contribution in [0.2, 0.25) is 0 Å². The lowest BCUT2D eigenvalue weighted by Crippen LogP contribution is -2.13. The molecule has 0 aliphatic carbocycles. The van der Waals surface area contributed by atoms with Gasteiger partial charge in [-0.05, 0) is 42.5 Å². The van der Waals surface area contributed by atoms with Gasteiger partial charge in [0.1, 0.15) is 11.5 Å². The van der Waals surface area contributed by atoms with Crippen LogP contribution >= 0.6 is 0 Å². The number of hydrogen-bond acceptors (Lipinski definition) is 3. The standard InChI is InChI=1S/C21H18N2O3/c1-15(24)22-17-8-5-7-16(13-17)21(25)23-18-9-6-12-20(14-18)26-19-10-3-2-4-11-19/h2-14H,1H3,(H,22,24)(H,23,25). The van der Waals surface area contributed by atoms with Crippen LogP contribution in [0.4, 0.5) is 11.4 Å². The second-order valence-corrected chi connectivity index (χ2v) is 5.66. The average molecular weight is 346 g/mol. The van der Waals surface area contributed by atoms with Crippen LogP contribution in [0, 0.1) is 0 Å². The molecule has 0 spiro atoms. The first-order valence-electron chi connectivity index (χ1n) is 8.12. The number of hydrogen-bond donors (Lipinski definition) is 2. The Labute approximate surface area is 151 Å². The molecule has 0 radical (unpaired) electrons. The van der Waals surface area contributed by atoms with E-state index in [9.17, 15) is 9.59 Å². The Kier molecular flexibility index (Phi) is 5.29. The fraction of sp³-hybridized carbons (Fsp3) is 0.0476. The van der Waals surface area contributed by atoms with E-state index in [0.29, 0.717) is 22.7 Å². The molecular formula is C21H18N2O3. The summed E-state index contributed by atoms with van der Waals surface area (Å²) in [4.78, 5) is 23.6. The lowest BCUT2D eigenvalue weighted by atomic mass is 10.2. The van der Waals surface area contributed by atoms with Crippen LogP contribution in [0.5, 0.6) is 11.5 Å². The zero-order valence-corrected chi connectivity index (χ0v) is 14.2. The van der Waals surface area contributed by atoms with Crippen LogP contribution in [0.3, 0.4) is 0 Å². The minimum atomic E-state index is -0.269. The summed E-state index contributed by atoms with van der Waals surface area (Å²) in [5.74, 6) is 0.891. The van der Waals surface area contributed by atoms with Crippen molar-refractivity contribution in [1.82, 2.24) is 0 Å². The number of para-hydroxylation sites is 1. The molecule has 5 heteroatoms. The van der Waals surface area contributed by atoms with E-state index < -0.39 is 0 Å². The van der Waals surface area contributed by atoms with Gasteiger partial charge in [-0.1, -0.05) is 30.3 Å². The smallest absolute Gasteiger partial charge is 0.255 e. The van der Waals surface area contributed by atoms with Crippen LogP contribution in [0.25, 0.3) is 0 Å². The second-order valence-electron chi connectivity index (χ2n) is 5.66. The highest BCUT2D eigenvalue weighted by Gasteiger charge is 2.08. The van der Waals surface area contributed by atoms with Gasteiger partial charge < -0.3 is 15.4 Å². The second kappa shape index (κ2) is 7.98. The largest absolute Gasteiger partial charge is 0.457 e. The molecule has 0 heterocycles. The molecule has 130 valence electrons. The van der Waals surface area contributed by atoms with Crippen molar-refractivity contribution in [1.29, 1.82) is 0 Å². The van der Waals surface area contributed by atoms with Crippen molar-refractivity contribution >= 4 is 23.2 Å². The Bertz CT molecular complexity index is 923. The predicted molar refractivity (Wildman–Crippen MR) is 102 cm³/mol. The van der Waals surface area contributed by atoms with Gasteiger partial charge in [0.15, 0.2) is 0 Å². The highest BCUT2D eigenvalue weighted by atomic mass is 16.5. The molecule has 3 rings (SSSR count). The number of amides is 2. The third-order valence-electron chi connectivity index (χ3n) is 3.52. The highest BCUT2D eigenvalue weighted by Crippen LogP contribution is 2.24. The Morgan fingerprint density at radius 2 is 1.38 bits per heavy atom. The number of carbonyl (C=O) groups excluding carboxylic acids is 2. The minimum Gasteiger partial charge on any atom is -0.457 e. The Hall–Kier alpha value is -3.60. The van der Waals surface area contributed by atoms with Crippen molar-refractivity contribution in [3.63, 3.8) is 0 Å². The molecule has 0 saturated heterocycles. The summed E-state index contributed by atoms with van der Waals surface area (Å²) in [6.07, 6.45) is 0. The van der Waals surface area contributed by atoms with Crippen molar-refractivity contribution in [3.8, 4) is 11.5 Å². The maximum absolute atomic E-state index is 12.5. The van der Waals surface area contributed by atoms with Crippen LogP contribution in [0.15, 0.2) is 78.9 Å². The Morgan fingerprint density at radius 3 is 2.12 bits per heavy atom. The molecule has 0 aliphatic rings. The molecule has 0 fully saturated rings. The SMILES string of the molecule is CC(=O)Nc1cccc(C(=O)Nc2cccc(Oc3ccccc3)c2)c1. The van der Waals surface area contributed by atoms with Crippen molar-refractivity contribution in [3.05, 3.63) is 84.4 Å². The molecule has 0 aromatic heterocycles. The van der Waals surface area contributed by atoms with Crippen molar-refractivity contribution in [2.75, 3.05) is 10.6 Å². The number of nitrogens with one attached hydrogen (secondary N) is 2. The number of rotatable bonds is 5. The van der Waals surface area contributed by atoms with Gasteiger partial charge >= 0.3 is 0 Å². The van der Waals surface area contributed by atoms with Gasteiger partial charge in [-0.2, -0.15) is 0 Å². The lowest BCUT2D eigenvalue weighted by molar-refractivity contribution is -0.114. The van der Waals surface area contributed by atoms with Crippen LogP contribution in [0.1, 0.15) is 17.3 Å². The van der Waals surface area contributed by atoms with Crippen LogP contribution in [-0.4, -0.2) is 11.8 Å². The number of ether oxygens (including phenoxy) is 1. The summed E-state index contributed by atoms with van der Waals surface area (Å²) in [5.41, 5.74) is 1.64. The maximum Gasteiger partial charge on any atom is 0.255 e. The third-order valence-corrected chi connectivity index (χ3v) is 3.52. The maximum atomic E-state index is 12.5. The summed E-state index contributed by atoms with van der Waals surface area (Å²) >= 11 is 0. The first-order valence-corrected chi connectivity index (χ1v) is 8.12. The van der Waals surface area contributed by atoms with E-state index in [-0.39, 0.29) is 11.8 Å². The van der Waals surface area contributed by atoms with E-state index in [2.05, 4.69) is 10.6 Å². The molecule has 0 atom stereocenters. The molecule has 2 amide bonds. The molecule has 2 N–H and O–H groups in total. The van der Waals surface area contributed by atoms with E-state index in [1.165, 1.54) is 6.92 Å². The Balaban J connectivity index is 1.71. The van der Waals surface area contributed by atoms with Gasteiger partial charge in [-0.3, -0.25) is 9.59 Å². The van der Waals surface area contributed by atoms with Gasteiger partial charge in [-0.25, -0.2) is 0 Å². The lowest BCUT2D eigenvalue weighted by Gasteiger charge is -2.10. The molecule has 0 bridgehead atoms. The molecule has 0 unspecified atom stereocenters. The molecular weight excluding hydrogens is 328 g/mol. The fourth-order valence-corrected chi connectivity index (χ4v) is 2.41. The van der Waals surface area contributed by atoms with Crippen LogP contribution < -0.4 is 15.4 Å². The normalized spacial score (nSPS) is 10.0. The van der Waals surface area contributed by atoms with Gasteiger partial charge in [0, 0.05) is 29.9 Å². The summed E-state index contributed by atoms with van der Waals surface area (Å²) in [7, 11) is 0. The zero-order valence-electron chi connectivity index (χ0n) is 14.2. The summed E-state index contributed by atoms with van der Waals surface area (Å²) < 4.78 is 5.77. The highest BCUT2D eigenvalue weighted by molar-refractivity contribution is 6.05. The number of benzene rings is 3. The summed E-state index contributed by atoms with van der Waals surface area (Å²) in [6.45, 7) is 1.42. The Morgan fingerprint density at radius 1 is 0.731 bits per heavy atom. The number of anilines is 2. The molecule has 0 saturated carbocycles. The van der Waals surface area contributed by atoms with E-state index in [1.54, 1.807) is 36.4 Å². The van der Waals surface area contributed by atoms with E-state index in [4.69, 9.17) is 4.74 Å². The molecule has 3 aromatic carbocycles. The van der Waals surface area contributed by atoms with E-state index in [1.807, 2.05) is 42.5 Å².